The zero-order valence-electron chi connectivity index (χ0n) is 10.7. The van der Waals surface area contributed by atoms with E-state index in [2.05, 4.69) is 6.92 Å². The van der Waals surface area contributed by atoms with E-state index in [0.717, 1.165) is 25.0 Å². The molecule has 0 aliphatic heterocycles. The van der Waals surface area contributed by atoms with Crippen molar-refractivity contribution in [2.45, 2.75) is 26.4 Å². The number of hydrogen-bond donors (Lipinski definition) is 1. The smallest absolute Gasteiger partial charge is 0.335 e. The summed E-state index contributed by atoms with van der Waals surface area (Å²) < 4.78 is 10.8. The Hall–Kier alpha value is -1.39. The Balaban J connectivity index is 2.14. The molecule has 0 spiro atoms. The van der Waals surface area contributed by atoms with Gasteiger partial charge in [-0.2, -0.15) is 0 Å². The molecule has 0 heterocycles. The number of carboxylic acid groups (broad SMARTS) is 1. The maximum Gasteiger partial charge on any atom is 0.335 e. The minimum atomic E-state index is -0.910. The fourth-order valence-electron chi connectivity index (χ4n) is 1.40. The zero-order chi connectivity index (χ0) is 13.2. The summed E-state index contributed by atoms with van der Waals surface area (Å²) in [6.07, 6.45) is 2.22. The van der Waals surface area contributed by atoms with Crippen LogP contribution in [0.3, 0.4) is 0 Å². The molecule has 100 valence electrons. The third kappa shape index (κ3) is 5.80. The molecule has 0 saturated carbocycles. The fraction of sp³-hybridized carbons (Fsp3) is 0.500. The van der Waals surface area contributed by atoms with E-state index in [9.17, 15) is 4.79 Å². The van der Waals surface area contributed by atoms with Gasteiger partial charge in [0.25, 0.3) is 0 Å². The first kappa shape index (κ1) is 14.7. The van der Waals surface area contributed by atoms with Crippen LogP contribution < -0.4 is 0 Å². The summed E-state index contributed by atoms with van der Waals surface area (Å²) in [7, 11) is 0. The molecular formula is C14H20O4. The predicted molar refractivity (Wildman–Crippen MR) is 68.8 cm³/mol. The largest absolute Gasteiger partial charge is 0.478 e. The van der Waals surface area contributed by atoms with Crippen molar-refractivity contribution in [3.8, 4) is 0 Å². The molecule has 1 aromatic rings. The minimum absolute atomic E-state index is 0.293. The van der Waals surface area contributed by atoms with E-state index in [1.807, 2.05) is 0 Å². The lowest BCUT2D eigenvalue weighted by Crippen LogP contribution is -2.05. The molecule has 0 unspecified atom stereocenters. The van der Waals surface area contributed by atoms with E-state index in [4.69, 9.17) is 14.6 Å². The van der Waals surface area contributed by atoms with Crippen molar-refractivity contribution in [3.63, 3.8) is 0 Å². The second kappa shape index (κ2) is 8.66. The maximum atomic E-state index is 10.6. The standard InChI is InChI=1S/C14H20O4/c1-2-3-8-17-9-10-18-11-12-4-6-13(7-5-12)14(15)16/h4-7H,2-3,8-11H2,1H3,(H,15,16). The van der Waals surface area contributed by atoms with Crippen LogP contribution in [0.15, 0.2) is 24.3 Å². The first-order valence-corrected chi connectivity index (χ1v) is 6.21. The zero-order valence-corrected chi connectivity index (χ0v) is 10.7. The monoisotopic (exact) mass is 252 g/mol. The van der Waals surface area contributed by atoms with Gasteiger partial charge in [-0.25, -0.2) is 4.79 Å². The third-order valence-electron chi connectivity index (χ3n) is 2.48. The summed E-state index contributed by atoms with van der Waals surface area (Å²) in [6.45, 7) is 4.56. The van der Waals surface area contributed by atoms with Gasteiger partial charge < -0.3 is 14.6 Å². The maximum absolute atomic E-state index is 10.6. The number of carboxylic acids is 1. The minimum Gasteiger partial charge on any atom is -0.478 e. The van der Waals surface area contributed by atoms with E-state index in [0.29, 0.717) is 25.4 Å². The predicted octanol–water partition coefficient (Wildman–Crippen LogP) is 2.72. The average molecular weight is 252 g/mol. The molecule has 4 nitrogen and oxygen atoms in total. The number of hydrogen-bond acceptors (Lipinski definition) is 3. The Labute approximate surface area is 108 Å². The van der Waals surface area contributed by atoms with Crippen LogP contribution in [0.2, 0.25) is 0 Å². The number of carbonyl (C=O) groups is 1. The van der Waals surface area contributed by atoms with Gasteiger partial charge in [0.1, 0.15) is 0 Å². The summed E-state index contributed by atoms with van der Waals surface area (Å²) in [4.78, 5) is 10.6. The van der Waals surface area contributed by atoms with Crippen molar-refractivity contribution in [2.75, 3.05) is 19.8 Å². The summed E-state index contributed by atoms with van der Waals surface area (Å²) in [5.74, 6) is -0.910. The SMILES string of the molecule is CCCCOCCOCc1ccc(C(=O)O)cc1. The number of benzene rings is 1. The lowest BCUT2D eigenvalue weighted by Gasteiger charge is -2.05. The lowest BCUT2D eigenvalue weighted by molar-refractivity contribution is 0.0396. The van der Waals surface area contributed by atoms with Crippen LogP contribution in [-0.4, -0.2) is 30.9 Å². The quantitative estimate of drug-likeness (QED) is 0.686. The Morgan fingerprint density at radius 1 is 1.11 bits per heavy atom. The van der Waals surface area contributed by atoms with Gasteiger partial charge in [-0.15, -0.1) is 0 Å². The van der Waals surface area contributed by atoms with Crippen LogP contribution in [0.25, 0.3) is 0 Å². The summed E-state index contributed by atoms with van der Waals surface area (Å²) >= 11 is 0. The van der Waals surface area contributed by atoms with Crippen molar-refractivity contribution < 1.29 is 19.4 Å². The highest BCUT2D eigenvalue weighted by Crippen LogP contribution is 2.05. The van der Waals surface area contributed by atoms with E-state index in [-0.39, 0.29) is 0 Å². The molecule has 0 fully saturated rings. The lowest BCUT2D eigenvalue weighted by atomic mass is 10.1. The molecule has 0 amide bonds. The molecule has 0 bridgehead atoms. The molecule has 0 aromatic heterocycles. The van der Waals surface area contributed by atoms with Gasteiger partial charge in [0, 0.05) is 6.61 Å². The van der Waals surface area contributed by atoms with Crippen molar-refractivity contribution in [3.05, 3.63) is 35.4 Å². The van der Waals surface area contributed by atoms with E-state index >= 15 is 0 Å². The molecular weight excluding hydrogens is 232 g/mol. The molecule has 0 aliphatic carbocycles. The normalized spacial score (nSPS) is 10.5. The van der Waals surface area contributed by atoms with Gasteiger partial charge in [-0.1, -0.05) is 25.5 Å². The van der Waals surface area contributed by atoms with Crippen LogP contribution in [0.5, 0.6) is 0 Å². The molecule has 0 aliphatic rings. The molecule has 0 saturated heterocycles. The van der Waals surface area contributed by atoms with Crippen molar-refractivity contribution >= 4 is 5.97 Å². The summed E-state index contributed by atoms with van der Waals surface area (Å²) in [5, 5.41) is 8.74. The molecule has 1 aromatic carbocycles. The van der Waals surface area contributed by atoms with Crippen LogP contribution in [0, 0.1) is 0 Å². The van der Waals surface area contributed by atoms with Crippen molar-refractivity contribution in [1.29, 1.82) is 0 Å². The van der Waals surface area contributed by atoms with Gasteiger partial charge >= 0.3 is 5.97 Å². The fourth-order valence-corrected chi connectivity index (χ4v) is 1.40. The highest BCUT2D eigenvalue weighted by molar-refractivity contribution is 5.87. The first-order valence-electron chi connectivity index (χ1n) is 6.21. The molecule has 0 radical (unpaired) electrons. The number of ether oxygens (including phenoxy) is 2. The van der Waals surface area contributed by atoms with Crippen molar-refractivity contribution in [1.82, 2.24) is 0 Å². The average Bonchev–Trinajstić information content (AvgIpc) is 2.38. The Morgan fingerprint density at radius 3 is 2.39 bits per heavy atom. The molecule has 4 heteroatoms. The van der Waals surface area contributed by atoms with Crippen LogP contribution in [-0.2, 0) is 16.1 Å². The van der Waals surface area contributed by atoms with E-state index in [1.165, 1.54) is 0 Å². The van der Waals surface area contributed by atoms with Gasteiger partial charge in [0.15, 0.2) is 0 Å². The second-order valence-electron chi connectivity index (χ2n) is 4.02. The first-order chi connectivity index (χ1) is 8.74. The number of aromatic carboxylic acids is 1. The molecule has 1 N–H and O–H groups in total. The Morgan fingerprint density at radius 2 is 1.78 bits per heavy atom. The summed E-state index contributed by atoms with van der Waals surface area (Å²) in [5.41, 5.74) is 1.26. The molecule has 18 heavy (non-hydrogen) atoms. The van der Waals surface area contributed by atoms with Crippen LogP contribution in [0.4, 0.5) is 0 Å². The number of unbranched alkanes of at least 4 members (excludes halogenated alkanes) is 1. The van der Waals surface area contributed by atoms with Gasteiger partial charge in [-0.05, 0) is 24.1 Å². The van der Waals surface area contributed by atoms with Crippen molar-refractivity contribution in [2.24, 2.45) is 0 Å². The highest BCUT2D eigenvalue weighted by Gasteiger charge is 2.01. The van der Waals surface area contributed by atoms with Gasteiger partial charge in [0.05, 0.1) is 25.4 Å². The Bertz CT molecular complexity index is 345. The van der Waals surface area contributed by atoms with Gasteiger partial charge in [-0.3, -0.25) is 0 Å². The number of rotatable bonds is 9. The topological polar surface area (TPSA) is 55.8 Å². The summed E-state index contributed by atoms with van der Waals surface area (Å²) in [6, 6.07) is 6.69. The van der Waals surface area contributed by atoms with Gasteiger partial charge in [0.2, 0.25) is 0 Å². The molecule has 0 atom stereocenters. The second-order valence-corrected chi connectivity index (χ2v) is 4.02. The molecule has 1 rings (SSSR count). The third-order valence-corrected chi connectivity index (χ3v) is 2.48. The Kier molecular flexibility index (Phi) is 7.06. The van der Waals surface area contributed by atoms with E-state index in [1.54, 1.807) is 24.3 Å². The highest BCUT2D eigenvalue weighted by atomic mass is 16.5. The van der Waals surface area contributed by atoms with E-state index < -0.39 is 5.97 Å². The van der Waals surface area contributed by atoms with Crippen LogP contribution >= 0.6 is 0 Å². The van der Waals surface area contributed by atoms with Crippen LogP contribution in [0.1, 0.15) is 35.7 Å².